The van der Waals surface area contributed by atoms with E-state index in [0.717, 1.165) is 43.5 Å². The second-order valence-corrected chi connectivity index (χ2v) is 5.62. The highest BCUT2D eigenvalue weighted by Gasteiger charge is 2.19. The minimum absolute atomic E-state index is 0.787. The van der Waals surface area contributed by atoms with Crippen molar-refractivity contribution in [1.29, 1.82) is 0 Å². The molecule has 0 aromatic carbocycles. The summed E-state index contributed by atoms with van der Waals surface area (Å²) in [6.07, 6.45) is 6.18. The lowest BCUT2D eigenvalue weighted by Crippen LogP contribution is -2.47. The van der Waals surface area contributed by atoms with Crippen LogP contribution in [0, 0.1) is 5.92 Å². The van der Waals surface area contributed by atoms with Crippen LogP contribution in [-0.2, 0) is 0 Å². The highest BCUT2D eigenvalue weighted by atomic mass is 15.3. The summed E-state index contributed by atoms with van der Waals surface area (Å²) in [5.74, 6) is 0.808. The van der Waals surface area contributed by atoms with Gasteiger partial charge in [-0.3, -0.25) is 9.88 Å². The quantitative estimate of drug-likeness (QED) is 0.884. The Labute approximate surface area is 116 Å². The average molecular weight is 262 g/mol. The van der Waals surface area contributed by atoms with Gasteiger partial charge in [-0.2, -0.15) is 0 Å². The van der Waals surface area contributed by atoms with Crippen LogP contribution in [0.4, 0.5) is 11.4 Å². The number of anilines is 2. The summed E-state index contributed by atoms with van der Waals surface area (Å²) in [4.78, 5) is 9.00. The maximum atomic E-state index is 5.99. The number of piperazine rings is 1. The first-order chi connectivity index (χ1) is 9.20. The van der Waals surface area contributed by atoms with Gasteiger partial charge in [0.25, 0.3) is 0 Å². The van der Waals surface area contributed by atoms with Crippen LogP contribution >= 0.6 is 0 Å². The van der Waals surface area contributed by atoms with Crippen molar-refractivity contribution < 1.29 is 0 Å². The van der Waals surface area contributed by atoms with Crippen LogP contribution in [0.15, 0.2) is 18.5 Å². The summed E-state index contributed by atoms with van der Waals surface area (Å²) >= 11 is 0. The number of pyridine rings is 1. The number of hydrogen-bond donors (Lipinski definition) is 1. The lowest BCUT2D eigenvalue weighted by molar-refractivity contribution is 0.220. The predicted molar refractivity (Wildman–Crippen MR) is 81.4 cm³/mol. The second kappa shape index (κ2) is 6.75. The van der Waals surface area contributed by atoms with Gasteiger partial charge in [-0.15, -0.1) is 0 Å². The molecule has 2 rings (SSSR count). The molecule has 0 bridgehead atoms. The van der Waals surface area contributed by atoms with Gasteiger partial charge >= 0.3 is 0 Å². The van der Waals surface area contributed by atoms with E-state index in [9.17, 15) is 0 Å². The maximum Gasteiger partial charge on any atom is 0.0738 e. The first kappa shape index (κ1) is 14.1. The smallest absolute Gasteiger partial charge is 0.0738 e. The Kier molecular flexibility index (Phi) is 5.02. The van der Waals surface area contributed by atoms with Crippen molar-refractivity contribution in [3.63, 3.8) is 0 Å². The highest BCUT2D eigenvalue weighted by molar-refractivity contribution is 5.66. The molecule has 0 radical (unpaired) electrons. The first-order valence-electron chi connectivity index (χ1n) is 7.37. The molecule has 1 fully saturated rings. The van der Waals surface area contributed by atoms with Gasteiger partial charge in [0.2, 0.25) is 0 Å². The van der Waals surface area contributed by atoms with E-state index < -0.39 is 0 Å². The third-order valence-electron chi connectivity index (χ3n) is 3.89. The maximum absolute atomic E-state index is 5.99. The molecule has 1 aromatic rings. The number of hydrogen-bond acceptors (Lipinski definition) is 4. The van der Waals surface area contributed by atoms with E-state index >= 15 is 0 Å². The van der Waals surface area contributed by atoms with Crippen molar-refractivity contribution in [3.8, 4) is 0 Å². The zero-order valence-corrected chi connectivity index (χ0v) is 12.2. The topological polar surface area (TPSA) is 45.4 Å². The van der Waals surface area contributed by atoms with E-state index in [-0.39, 0.29) is 0 Å². The minimum Gasteiger partial charge on any atom is -0.396 e. The van der Waals surface area contributed by atoms with Crippen molar-refractivity contribution in [2.75, 3.05) is 43.4 Å². The van der Waals surface area contributed by atoms with E-state index in [2.05, 4.69) is 28.6 Å². The highest BCUT2D eigenvalue weighted by Crippen LogP contribution is 2.22. The number of nitrogens with two attached hydrogens (primary N) is 1. The largest absolute Gasteiger partial charge is 0.396 e. The standard InChI is InChI=1S/C15H26N4/c1-3-4-13(2)12-18-7-9-19(10-8-18)15-5-6-17-11-14(15)16/h5-6,11,13H,3-4,7-10,12,16H2,1-2H3. The molecule has 0 spiro atoms. The summed E-state index contributed by atoms with van der Waals surface area (Å²) in [6.45, 7) is 10.2. The fourth-order valence-electron chi connectivity index (χ4n) is 2.88. The number of nitrogen functional groups attached to an aromatic ring is 1. The molecule has 19 heavy (non-hydrogen) atoms. The average Bonchev–Trinajstić information content (AvgIpc) is 2.41. The second-order valence-electron chi connectivity index (χ2n) is 5.62. The molecular formula is C15H26N4. The Balaban J connectivity index is 1.84. The Morgan fingerprint density at radius 2 is 2.05 bits per heavy atom. The van der Waals surface area contributed by atoms with Crippen LogP contribution in [0.5, 0.6) is 0 Å². The van der Waals surface area contributed by atoms with E-state index in [1.54, 1.807) is 6.20 Å². The molecule has 1 atom stereocenters. The molecule has 1 unspecified atom stereocenters. The minimum atomic E-state index is 0.787. The molecular weight excluding hydrogens is 236 g/mol. The zero-order chi connectivity index (χ0) is 13.7. The van der Waals surface area contributed by atoms with Crippen LogP contribution in [0.25, 0.3) is 0 Å². The lowest BCUT2D eigenvalue weighted by atomic mass is 10.1. The van der Waals surface area contributed by atoms with Crippen LogP contribution in [-0.4, -0.2) is 42.6 Å². The Bertz CT molecular complexity index is 385. The zero-order valence-electron chi connectivity index (χ0n) is 12.2. The summed E-state index contributed by atoms with van der Waals surface area (Å²) in [5.41, 5.74) is 7.91. The molecule has 106 valence electrons. The van der Waals surface area contributed by atoms with E-state index in [1.807, 2.05) is 12.3 Å². The van der Waals surface area contributed by atoms with Gasteiger partial charge in [0, 0.05) is 38.9 Å². The summed E-state index contributed by atoms with van der Waals surface area (Å²) in [7, 11) is 0. The van der Waals surface area contributed by atoms with Gasteiger partial charge in [-0.05, 0) is 18.4 Å². The van der Waals surface area contributed by atoms with Crippen molar-refractivity contribution in [2.45, 2.75) is 26.7 Å². The Hall–Kier alpha value is -1.29. The van der Waals surface area contributed by atoms with Gasteiger partial charge in [0.1, 0.15) is 0 Å². The van der Waals surface area contributed by atoms with Crippen molar-refractivity contribution in [2.24, 2.45) is 5.92 Å². The third kappa shape index (κ3) is 3.83. The van der Waals surface area contributed by atoms with Gasteiger partial charge in [-0.1, -0.05) is 20.3 Å². The molecule has 0 amide bonds. The molecule has 1 aliphatic rings. The van der Waals surface area contributed by atoms with Crippen molar-refractivity contribution in [3.05, 3.63) is 18.5 Å². The lowest BCUT2D eigenvalue weighted by Gasteiger charge is -2.37. The monoisotopic (exact) mass is 262 g/mol. The van der Waals surface area contributed by atoms with E-state index in [4.69, 9.17) is 5.73 Å². The Morgan fingerprint density at radius 3 is 2.68 bits per heavy atom. The summed E-state index contributed by atoms with van der Waals surface area (Å²) in [5, 5.41) is 0. The SMILES string of the molecule is CCCC(C)CN1CCN(c2ccncc2N)CC1. The molecule has 1 aliphatic heterocycles. The van der Waals surface area contributed by atoms with Gasteiger partial charge < -0.3 is 10.6 Å². The number of nitrogens with zero attached hydrogens (tertiary/aromatic N) is 3. The summed E-state index contributed by atoms with van der Waals surface area (Å²) < 4.78 is 0. The fraction of sp³-hybridized carbons (Fsp3) is 0.667. The molecule has 0 aliphatic carbocycles. The van der Waals surface area contributed by atoms with Gasteiger partial charge in [-0.25, -0.2) is 0 Å². The third-order valence-corrected chi connectivity index (χ3v) is 3.89. The molecule has 1 aromatic heterocycles. The molecule has 1 saturated heterocycles. The molecule has 4 nitrogen and oxygen atoms in total. The number of rotatable bonds is 5. The molecule has 2 N–H and O–H groups in total. The molecule has 0 saturated carbocycles. The van der Waals surface area contributed by atoms with Gasteiger partial charge in [0.05, 0.1) is 17.6 Å². The Morgan fingerprint density at radius 1 is 1.32 bits per heavy atom. The van der Waals surface area contributed by atoms with E-state index in [1.165, 1.54) is 19.4 Å². The predicted octanol–water partition coefficient (Wildman–Crippen LogP) is 2.22. The molecule has 4 heteroatoms. The van der Waals surface area contributed by atoms with Crippen molar-refractivity contribution >= 4 is 11.4 Å². The fourth-order valence-corrected chi connectivity index (χ4v) is 2.88. The molecule has 2 heterocycles. The van der Waals surface area contributed by atoms with Crippen LogP contribution in [0.1, 0.15) is 26.7 Å². The summed E-state index contributed by atoms with van der Waals surface area (Å²) in [6, 6.07) is 2.02. The van der Waals surface area contributed by atoms with Crippen molar-refractivity contribution in [1.82, 2.24) is 9.88 Å². The van der Waals surface area contributed by atoms with E-state index in [0.29, 0.717) is 0 Å². The number of aromatic nitrogens is 1. The van der Waals surface area contributed by atoms with Crippen LogP contribution in [0.3, 0.4) is 0 Å². The van der Waals surface area contributed by atoms with Crippen LogP contribution in [0.2, 0.25) is 0 Å². The first-order valence-corrected chi connectivity index (χ1v) is 7.37. The van der Waals surface area contributed by atoms with Gasteiger partial charge in [0.15, 0.2) is 0 Å². The normalized spacial score (nSPS) is 18.5. The van der Waals surface area contributed by atoms with Crippen LogP contribution < -0.4 is 10.6 Å².